The number of amidine groups is 1. The summed E-state index contributed by atoms with van der Waals surface area (Å²) in [4.78, 5) is 17.4. The molecule has 1 fully saturated rings. The zero-order valence-electron chi connectivity index (χ0n) is 16.2. The Morgan fingerprint density at radius 3 is 2.66 bits per heavy atom. The van der Waals surface area contributed by atoms with Crippen LogP contribution in [0.4, 0.5) is 10.1 Å². The predicted octanol–water partition coefficient (Wildman–Crippen LogP) is 7.47. The molecule has 1 saturated heterocycles. The van der Waals surface area contributed by atoms with Gasteiger partial charge in [-0.25, -0.2) is 9.38 Å². The van der Waals surface area contributed by atoms with Gasteiger partial charge in [-0.3, -0.25) is 4.79 Å². The molecule has 4 nitrogen and oxygen atoms in total. The summed E-state index contributed by atoms with van der Waals surface area (Å²) in [7, 11) is 0. The van der Waals surface area contributed by atoms with E-state index in [4.69, 9.17) is 16.3 Å². The summed E-state index contributed by atoms with van der Waals surface area (Å²) in [6, 6.07) is 16.9. The van der Waals surface area contributed by atoms with Crippen molar-refractivity contribution in [1.82, 2.24) is 5.32 Å². The summed E-state index contributed by atoms with van der Waals surface area (Å²) in [6.45, 7) is 0.177. The minimum atomic E-state index is -0.324. The van der Waals surface area contributed by atoms with Crippen molar-refractivity contribution in [2.75, 3.05) is 0 Å². The second-order valence-electron chi connectivity index (χ2n) is 6.68. The first-order chi connectivity index (χ1) is 15.4. The van der Waals surface area contributed by atoms with E-state index in [1.165, 1.54) is 23.9 Å². The standard InChI is InChI=1S/C23H14Br2ClFN2O2S/c24-15-9-14(21(19(25)11-15)31-12-13-2-1-3-17(27)8-13)10-20-22(30)29-23(32-20)28-18-6-4-16(26)5-7-18/h1-11H,12H2,(H,28,29,30)/b20-10-. The lowest BCUT2D eigenvalue weighted by molar-refractivity contribution is -0.115. The van der Waals surface area contributed by atoms with Gasteiger partial charge in [0.15, 0.2) is 5.17 Å². The zero-order valence-corrected chi connectivity index (χ0v) is 21.0. The quantitative estimate of drug-likeness (QED) is 0.311. The van der Waals surface area contributed by atoms with Gasteiger partial charge >= 0.3 is 0 Å². The van der Waals surface area contributed by atoms with Gasteiger partial charge in [-0.05, 0) is 87.9 Å². The van der Waals surface area contributed by atoms with Gasteiger partial charge in [0.25, 0.3) is 5.91 Å². The highest BCUT2D eigenvalue weighted by atomic mass is 79.9. The number of carbonyl (C=O) groups is 1. The van der Waals surface area contributed by atoms with Crippen molar-refractivity contribution in [3.05, 3.63) is 96.5 Å². The summed E-state index contributed by atoms with van der Waals surface area (Å²) in [5.41, 5.74) is 2.07. The predicted molar refractivity (Wildman–Crippen MR) is 135 cm³/mol. The third-order valence-electron chi connectivity index (χ3n) is 4.30. The van der Waals surface area contributed by atoms with Crippen LogP contribution in [0, 0.1) is 5.82 Å². The Kier molecular flexibility index (Phi) is 7.35. The lowest BCUT2D eigenvalue weighted by Crippen LogP contribution is -2.19. The van der Waals surface area contributed by atoms with E-state index in [1.807, 2.05) is 12.1 Å². The normalized spacial score (nSPS) is 15.9. The number of hydrogen-bond acceptors (Lipinski definition) is 4. The van der Waals surface area contributed by atoms with Crippen LogP contribution in [0.2, 0.25) is 5.02 Å². The van der Waals surface area contributed by atoms with Gasteiger partial charge < -0.3 is 10.1 Å². The van der Waals surface area contributed by atoms with E-state index in [0.29, 0.717) is 42.1 Å². The monoisotopic (exact) mass is 594 g/mol. The lowest BCUT2D eigenvalue weighted by atomic mass is 10.1. The van der Waals surface area contributed by atoms with Crippen molar-refractivity contribution in [3.63, 3.8) is 0 Å². The van der Waals surface area contributed by atoms with Gasteiger partial charge in [0, 0.05) is 15.1 Å². The van der Waals surface area contributed by atoms with Crippen LogP contribution in [0.5, 0.6) is 5.75 Å². The third-order valence-corrected chi connectivity index (χ3v) is 6.51. The number of thioether (sulfide) groups is 1. The van der Waals surface area contributed by atoms with Gasteiger partial charge in [-0.2, -0.15) is 0 Å². The fraction of sp³-hybridized carbons (Fsp3) is 0.0435. The van der Waals surface area contributed by atoms with Crippen molar-refractivity contribution >= 4 is 78.1 Å². The third kappa shape index (κ3) is 5.81. The van der Waals surface area contributed by atoms with Crippen LogP contribution < -0.4 is 10.1 Å². The molecule has 162 valence electrons. The largest absolute Gasteiger partial charge is 0.487 e. The molecule has 1 amide bonds. The Bertz CT molecular complexity index is 1250. The Balaban J connectivity index is 1.60. The molecule has 0 atom stereocenters. The van der Waals surface area contributed by atoms with E-state index < -0.39 is 0 Å². The number of halogens is 4. The molecule has 0 bridgehead atoms. The van der Waals surface area contributed by atoms with E-state index in [9.17, 15) is 9.18 Å². The number of nitrogens with zero attached hydrogens (tertiary/aromatic N) is 1. The maximum absolute atomic E-state index is 13.5. The van der Waals surface area contributed by atoms with Gasteiger partial charge in [-0.1, -0.05) is 39.7 Å². The van der Waals surface area contributed by atoms with Gasteiger partial charge in [0.2, 0.25) is 0 Å². The molecule has 3 aromatic rings. The number of carbonyl (C=O) groups excluding carboxylic acids is 1. The summed E-state index contributed by atoms with van der Waals surface area (Å²) < 4.78 is 21.0. The summed E-state index contributed by atoms with van der Waals surface area (Å²) in [5.74, 6) is -0.0359. The molecule has 9 heteroatoms. The van der Waals surface area contributed by atoms with Crippen molar-refractivity contribution < 1.29 is 13.9 Å². The van der Waals surface area contributed by atoms with E-state index in [-0.39, 0.29) is 18.3 Å². The van der Waals surface area contributed by atoms with Crippen molar-refractivity contribution in [3.8, 4) is 5.75 Å². The molecule has 32 heavy (non-hydrogen) atoms. The van der Waals surface area contributed by atoms with Crippen molar-refractivity contribution in [2.45, 2.75) is 6.61 Å². The number of ether oxygens (including phenoxy) is 1. The second-order valence-corrected chi connectivity index (χ2v) is 9.92. The first-order valence-corrected chi connectivity index (χ1v) is 12.1. The summed E-state index contributed by atoms with van der Waals surface area (Å²) in [5, 5.41) is 3.85. The van der Waals surface area contributed by atoms with Crippen LogP contribution in [0.3, 0.4) is 0 Å². The topological polar surface area (TPSA) is 50.7 Å². The van der Waals surface area contributed by atoms with E-state index >= 15 is 0 Å². The van der Waals surface area contributed by atoms with Gasteiger partial charge in [0.1, 0.15) is 18.2 Å². The average Bonchev–Trinajstić information content (AvgIpc) is 3.07. The maximum Gasteiger partial charge on any atom is 0.264 e. The highest BCUT2D eigenvalue weighted by molar-refractivity contribution is 9.11. The molecule has 0 aromatic heterocycles. The van der Waals surface area contributed by atoms with E-state index in [1.54, 1.807) is 42.5 Å². The second kappa shape index (κ2) is 10.2. The molecule has 0 radical (unpaired) electrons. The number of hydrogen-bond donors (Lipinski definition) is 1. The molecule has 1 aliphatic heterocycles. The molecular formula is C23H14Br2ClFN2O2S. The minimum Gasteiger partial charge on any atom is -0.487 e. The highest BCUT2D eigenvalue weighted by Crippen LogP contribution is 2.37. The van der Waals surface area contributed by atoms with Gasteiger partial charge in [-0.15, -0.1) is 0 Å². The minimum absolute atomic E-state index is 0.177. The van der Waals surface area contributed by atoms with Crippen LogP contribution in [-0.4, -0.2) is 11.1 Å². The number of amides is 1. The number of rotatable bonds is 5. The smallest absolute Gasteiger partial charge is 0.264 e. The average molecular weight is 597 g/mol. The van der Waals surface area contributed by atoms with Crippen LogP contribution in [0.25, 0.3) is 6.08 Å². The van der Waals surface area contributed by atoms with Crippen LogP contribution in [-0.2, 0) is 11.4 Å². The van der Waals surface area contributed by atoms with E-state index in [0.717, 1.165) is 4.47 Å². The molecule has 1 heterocycles. The molecule has 3 aromatic carbocycles. The fourth-order valence-electron chi connectivity index (χ4n) is 2.88. The fourth-order valence-corrected chi connectivity index (χ4v) is 5.21. The molecule has 0 spiro atoms. The first-order valence-electron chi connectivity index (χ1n) is 9.29. The Morgan fingerprint density at radius 2 is 1.91 bits per heavy atom. The Hall–Kier alpha value is -2.13. The Labute approximate surface area is 210 Å². The summed E-state index contributed by atoms with van der Waals surface area (Å²) >= 11 is 14.1. The number of aliphatic imine (C=N–C) groups is 1. The highest BCUT2D eigenvalue weighted by Gasteiger charge is 2.25. The number of nitrogens with one attached hydrogen (secondary N) is 1. The van der Waals surface area contributed by atoms with Crippen molar-refractivity contribution in [2.24, 2.45) is 4.99 Å². The molecule has 0 aliphatic carbocycles. The maximum atomic E-state index is 13.5. The lowest BCUT2D eigenvalue weighted by Gasteiger charge is -2.13. The molecule has 4 rings (SSSR count). The van der Waals surface area contributed by atoms with Crippen LogP contribution >= 0.6 is 55.2 Å². The first kappa shape index (κ1) is 23.0. The SMILES string of the molecule is O=C1NC(=Nc2ccc(Cl)cc2)S/C1=C\c1cc(Br)cc(Br)c1OCc1cccc(F)c1. The van der Waals surface area contributed by atoms with Crippen LogP contribution in [0.1, 0.15) is 11.1 Å². The molecule has 0 unspecified atom stereocenters. The number of benzene rings is 3. The molecule has 0 saturated carbocycles. The van der Waals surface area contributed by atoms with E-state index in [2.05, 4.69) is 42.2 Å². The van der Waals surface area contributed by atoms with Gasteiger partial charge in [0.05, 0.1) is 15.1 Å². The van der Waals surface area contributed by atoms with Crippen molar-refractivity contribution in [1.29, 1.82) is 0 Å². The molecule has 1 N–H and O–H groups in total. The molecular weight excluding hydrogens is 583 g/mol. The molecule has 1 aliphatic rings. The summed E-state index contributed by atoms with van der Waals surface area (Å²) in [6.07, 6.45) is 1.74. The Morgan fingerprint density at radius 1 is 1.12 bits per heavy atom. The zero-order chi connectivity index (χ0) is 22.7. The van der Waals surface area contributed by atoms with Crippen LogP contribution in [0.15, 0.2) is 79.5 Å².